The molecule has 2 aliphatic rings. The van der Waals surface area contributed by atoms with Crippen LogP contribution in [0.25, 0.3) is 0 Å². The Labute approximate surface area is 711 Å². The molecular weight excluding hydrogens is 1490 g/mol. The van der Waals surface area contributed by atoms with Crippen molar-refractivity contribution < 1.29 is 105 Å². The van der Waals surface area contributed by atoms with Crippen LogP contribution in [0.5, 0.6) is 5.75 Å². The molecule has 22 nitrogen and oxygen atoms in total. The monoisotopic (exact) mass is 1660 g/mol. The highest BCUT2D eigenvalue weighted by Crippen LogP contribution is 2.29. The van der Waals surface area contributed by atoms with Crippen LogP contribution in [0, 0.1) is 44.3 Å². The average Bonchev–Trinajstić information content (AvgIpc) is 1.53. The van der Waals surface area contributed by atoms with Crippen molar-refractivity contribution in [1.29, 1.82) is 0 Å². The SMILES string of the molecule is CC(=O)OC(C)(C)C.CC(C)(C)C(=O)OC1CCCC1.CC(C)(C)C(=O)Oc1ccccc1.CC(C)(C)OC(=O)C1CCCC1.CC(C)(C)OC(=O)c1ccccc1.CC(C)C(=O)OC(C)(C)C.CC(C)OC(=O)C(C)(C)C.CCC(=O)OC(C)(C)C.CCCCCCOC(=O)C(C)(C)C.CCOC(=O)C(C)(C)C.COC(=O)C(C)(C)C. The van der Waals surface area contributed by atoms with Crippen LogP contribution in [0.3, 0.4) is 0 Å². The Kier molecular flexibility index (Phi) is 62.3. The number of hydrogen-bond acceptors (Lipinski definition) is 22. The molecule has 0 spiro atoms. The number of unbranched alkanes of at least 4 members (excludes halogenated alkanes) is 3. The summed E-state index contributed by atoms with van der Waals surface area (Å²) in [7, 11) is 1.40. The first-order chi connectivity index (χ1) is 52.5. The van der Waals surface area contributed by atoms with E-state index in [1.807, 2.05) is 300 Å². The fourth-order valence-corrected chi connectivity index (χ4v) is 7.76. The lowest BCUT2D eigenvalue weighted by atomic mass is 9.97. The van der Waals surface area contributed by atoms with E-state index >= 15 is 0 Å². The molecule has 682 valence electrons. The maximum Gasteiger partial charge on any atom is 0.338 e. The van der Waals surface area contributed by atoms with Gasteiger partial charge >= 0.3 is 65.7 Å². The molecule has 0 saturated heterocycles. The maximum atomic E-state index is 11.4. The Morgan fingerprint density at radius 1 is 0.393 bits per heavy atom. The second-order valence-electron chi connectivity index (χ2n) is 40.1. The van der Waals surface area contributed by atoms with Gasteiger partial charge in [-0.05, 0) is 318 Å². The second kappa shape index (κ2) is 59.3. The predicted molar refractivity (Wildman–Crippen MR) is 470 cm³/mol. The van der Waals surface area contributed by atoms with Crippen molar-refractivity contribution in [3.8, 4) is 5.75 Å². The van der Waals surface area contributed by atoms with Gasteiger partial charge in [0.2, 0.25) is 0 Å². The zero-order chi connectivity index (χ0) is 93.8. The summed E-state index contributed by atoms with van der Waals surface area (Å²) in [5.74, 6) is -0.812. The number of para-hydroxylation sites is 1. The van der Waals surface area contributed by atoms with Crippen LogP contribution in [0.15, 0.2) is 60.7 Å². The lowest BCUT2D eigenvalue weighted by molar-refractivity contribution is -0.160. The van der Waals surface area contributed by atoms with Crippen LogP contribution in [-0.4, -0.2) is 126 Å². The fraction of sp³-hybridized carbons (Fsp3) is 0.758. The molecule has 2 fully saturated rings. The van der Waals surface area contributed by atoms with E-state index in [9.17, 15) is 52.7 Å². The summed E-state index contributed by atoms with van der Waals surface area (Å²) in [6.07, 6.45) is 14.2. The molecule has 0 N–H and O–H groups in total. The fourth-order valence-electron chi connectivity index (χ4n) is 7.76. The number of carbonyl (C=O) groups is 11. The first-order valence-electron chi connectivity index (χ1n) is 41.7. The van der Waals surface area contributed by atoms with E-state index in [0.717, 1.165) is 38.5 Å². The molecule has 0 heterocycles. The molecule has 4 rings (SSSR count). The van der Waals surface area contributed by atoms with E-state index in [1.165, 1.54) is 52.6 Å². The minimum atomic E-state index is -0.449. The van der Waals surface area contributed by atoms with Crippen molar-refractivity contribution in [3.63, 3.8) is 0 Å². The molecule has 0 bridgehead atoms. The number of hydrogen-bond donors (Lipinski definition) is 0. The normalized spacial score (nSPS) is 13.0. The summed E-state index contributed by atoms with van der Waals surface area (Å²) < 4.78 is 55.1. The van der Waals surface area contributed by atoms with Gasteiger partial charge in [-0.25, -0.2) is 4.79 Å². The van der Waals surface area contributed by atoms with E-state index in [4.69, 9.17) is 47.4 Å². The highest BCUT2D eigenvalue weighted by molar-refractivity contribution is 5.89. The van der Waals surface area contributed by atoms with E-state index in [2.05, 4.69) is 11.7 Å². The highest BCUT2D eigenvalue weighted by atomic mass is 16.6. The molecule has 0 atom stereocenters. The second-order valence-corrected chi connectivity index (χ2v) is 40.1. The van der Waals surface area contributed by atoms with Gasteiger partial charge in [-0.15, -0.1) is 0 Å². The molecule has 0 radical (unpaired) electrons. The van der Waals surface area contributed by atoms with Crippen LogP contribution < -0.4 is 4.74 Å². The summed E-state index contributed by atoms with van der Waals surface area (Å²) in [5, 5.41) is 0. The van der Waals surface area contributed by atoms with Crippen molar-refractivity contribution in [1.82, 2.24) is 0 Å². The lowest BCUT2D eigenvalue weighted by Gasteiger charge is -2.21. The molecule has 2 aliphatic carbocycles. The minimum absolute atomic E-state index is 0.000000000000000666. The first kappa shape index (κ1) is 123. The summed E-state index contributed by atoms with van der Waals surface area (Å²) in [4.78, 5) is 121. The van der Waals surface area contributed by atoms with Gasteiger partial charge in [0.05, 0.1) is 76.3 Å². The third-order valence-electron chi connectivity index (χ3n) is 13.8. The smallest absolute Gasteiger partial charge is 0.338 e. The van der Waals surface area contributed by atoms with Gasteiger partial charge < -0.3 is 52.1 Å². The molecule has 117 heavy (non-hydrogen) atoms. The molecule has 2 saturated carbocycles. The first-order valence-corrected chi connectivity index (χ1v) is 41.7. The lowest BCUT2D eigenvalue weighted by Crippen LogP contribution is -2.27. The predicted octanol–water partition coefficient (Wildman–Crippen LogP) is 23.3. The number of benzene rings is 2. The number of esters is 11. The van der Waals surface area contributed by atoms with Gasteiger partial charge in [-0.3, -0.25) is 47.9 Å². The zero-order valence-electron chi connectivity index (χ0n) is 81.7. The van der Waals surface area contributed by atoms with E-state index in [0.29, 0.717) is 30.9 Å². The van der Waals surface area contributed by atoms with Crippen molar-refractivity contribution in [2.75, 3.05) is 20.3 Å². The minimum Gasteiger partial charge on any atom is -0.469 e. The Balaban J connectivity index is -0.000000229. The van der Waals surface area contributed by atoms with Crippen LogP contribution in [0.4, 0.5) is 0 Å². The van der Waals surface area contributed by atoms with E-state index in [-0.39, 0.29) is 139 Å². The molecule has 0 unspecified atom stereocenters. The van der Waals surface area contributed by atoms with Crippen molar-refractivity contribution in [2.24, 2.45) is 44.3 Å². The highest BCUT2D eigenvalue weighted by Gasteiger charge is 2.31. The molecular formula is C95H170O22. The Bertz CT molecular complexity index is 3050. The Morgan fingerprint density at radius 3 is 1.03 bits per heavy atom. The average molecular weight is 1660 g/mol. The number of carbonyl (C=O) groups excluding carboxylic acids is 11. The molecule has 2 aromatic carbocycles. The summed E-state index contributed by atoms with van der Waals surface area (Å²) >= 11 is 0. The Hall–Kier alpha value is -7.39. The third-order valence-corrected chi connectivity index (χ3v) is 13.8. The van der Waals surface area contributed by atoms with E-state index < -0.39 is 11.0 Å². The van der Waals surface area contributed by atoms with E-state index in [1.54, 1.807) is 31.2 Å². The summed E-state index contributed by atoms with van der Waals surface area (Å²) in [5.41, 5.74) is -3.37. The van der Waals surface area contributed by atoms with Gasteiger partial charge in [0, 0.05) is 13.3 Å². The molecule has 0 aromatic heterocycles. The third kappa shape index (κ3) is 83.5. The standard InChI is InChI=1S/2C11H14O2.C11H22O2.2C10H18O2.2C8H16O2.2C7H14O2.2C6H12O2/c1-11(2,3)10(12)13-9-7-5-4-6-8-9;1-11(2,3)13-10(12)9-7-5-4-6-8-9;1-5-6-7-8-9-13-10(12)11(2,3)4;1-10(2,3)9(11)12-8-6-4-5-7-8;1-10(2,3)12-9(11)8-6-4-5-7-8;1-6(2)10-7(9)8(3,4)5;1-6(2)7(9)10-8(3,4)5;1-5-9-6(8)7(2,3)4;1-5-6(8)9-7(2,3)4;1-6(2,3)5(7)8-4;1-5(7)8-6(2,3)4/h2*4-8H,1-3H3;5-9H2,1-4H3;2*8H,4-7H2,1-3H3;2*6H,1-5H3;2*5H2,1-4H3;2*1-4H3. The molecule has 0 aliphatic heterocycles. The molecule has 22 heteroatoms. The number of rotatable bonds is 13. The van der Waals surface area contributed by atoms with Crippen LogP contribution in [0.2, 0.25) is 0 Å². The topological polar surface area (TPSA) is 289 Å². The largest absolute Gasteiger partial charge is 0.469 e. The van der Waals surface area contributed by atoms with Crippen molar-refractivity contribution in [3.05, 3.63) is 66.2 Å². The number of ether oxygens (including phenoxy) is 11. The van der Waals surface area contributed by atoms with Crippen LogP contribution in [0.1, 0.15) is 378 Å². The Morgan fingerprint density at radius 2 is 0.761 bits per heavy atom. The quantitative estimate of drug-likeness (QED) is 0.0779. The zero-order valence-corrected chi connectivity index (χ0v) is 81.7. The summed E-state index contributed by atoms with van der Waals surface area (Å²) in [6.45, 7) is 76.9. The molecule has 2 aromatic rings. The van der Waals surface area contributed by atoms with Gasteiger partial charge in [0.15, 0.2) is 0 Å². The van der Waals surface area contributed by atoms with Gasteiger partial charge in [-0.2, -0.15) is 0 Å². The summed E-state index contributed by atoms with van der Waals surface area (Å²) in [6, 6.07) is 18.1. The van der Waals surface area contributed by atoms with Gasteiger partial charge in [0.1, 0.15) is 39.9 Å². The van der Waals surface area contributed by atoms with Crippen molar-refractivity contribution >= 4 is 65.7 Å². The van der Waals surface area contributed by atoms with Crippen LogP contribution in [-0.2, 0) is 95.3 Å². The molecule has 0 amide bonds. The number of methoxy groups -OCH3 is 1. The van der Waals surface area contributed by atoms with Gasteiger partial charge in [-0.1, -0.05) is 96.2 Å². The van der Waals surface area contributed by atoms with Crippen molar-refractivity contribution in [2.45, 2.75) is 408 Å². The maximum absolute atomic E-state index is 11.4. The van der Waals surface area contributed by atoms with Crippen LogP contribution >= 0.6 is 0 Å². The van der Waals surface area contributed by atoms with Gasteiger partial charge in [0.25, 0.3) is 0 Å².